The highest BCUT2D eigenvalue weighted by Gasteiger charge is 2.12. The van der Waals surface area contributed by atoms with Gasteiger partial charge < -0.3 is 15.3 Å². The van der Waals surface area contributed by atoms with Crippen LogP contribution in [0.15, 0.2) is 27.6 Å². The van der Waals surface area contributed by atoms with Gasteiger partial charge in [0.1, 0.15) is 0 Å². The van der Waals surface area contributed by atoms with Gasteiger partial charge in [0, 0.05) is 15.1 Å². The van der Waals surface area contributed by atoms with Crippen LogP contribution in [0.2, 0.25) is 0 Å². The smallest absolute Gasteiger partial charge is 0.336 e. The highest BCUT2D eigenvalue weighted by molar-refractivity contribution is 9.10. The van der Waals surface area contributed by atoms with Crippen molar-refractivity contribution in [2.45, 2.75) is 11.0 Å². The summed E-state index contributed by atoms with van der Waals surface area (Å²) in [5, 5.41) is 26.8. The molecule has 0 aliphatic rings. The fourth-order valence-corrected chi connectivity index (χ4v) is 2.54. The fraction of sp³-hybridized carbons (Fsp3) is 0.300. The van der Waals surface area contributed by atoms with Crippen LogP contribution in [-0.4, -0.2) is 39.8 Å². The van der Waals surface area contributed by atoms with E-state index < -0.39 is 12.1 Å². The zero-order valence-corrected chi connectivity index (χ0v) is 10.7. The number of carboxylic acids is 1. The van der Waals surface area contributed by atoms with Gasteiger partial charge in [-0.3, -0.25) is 0 Å². The van der Waals surface area contributed by atoms with Crippen LogP contribution in [0.25, 0.3) is 0 Å². The number of hydrogen-bond donors (Lipinski definition) is 3. The van der Waals surface area contributed by atoms with Crippen molar-refractivity contribution in [1.29, 1.82) is 0 Å². The summed E-state index contributed by atoms with van der Waals surface area (Å²) in [5.74, 6) is -0.749. The molecule has 6 heteroatoms. The van der Waals surface area contributed by atoms with E-state index in [2.05, 4.69) is 15.9 Å². The van der Waals surface area contributed by atoms with Crippen molar-refractivity contribution in [2.24, 2.45) is 0 Å². The van der Waals surface area contributed by atoms with Crippen LogP contribution in [0, 0.1) is 0 Å². The molecule has 1 aromatic rings. The number of carbonyl (C=O) groups is 1. The Bertz CT molecular complexity index is 383. The third-order valence-corrected chi connectivity index (χ3v) is 3.51. The summed E-state index contributed by atoms with van der Waals surface area (Å²) in [7, 11) is 0. The Hall–Kier alpha value is -0.560. The Labute approximate surface area is 105 Å². The topological polar surface area (TPSA) is 77.8 Å². The lowest BCUT2D eigenvalue weighted by Crippen LogP contribution is -2.14. The van der Waals surface area contributed by atoms with Crippen LogP contribution < -0.4 is 0 Å². The SMILES string of the molecule is O=C(O)c1ccc(Br)cc1SCC(O)CO. The maximum atomic E-state index is 10.9. The lowest BCUT2D eigenvalue weighted by Gasteiger charge is -2.09. The Kier molecular flexibility index (Phi) is 5.27. The lowest BCUT2D eigenvalue weighted by molar-refractivity contribution is 0.0693. The van der Waals surface area contributed by atoms with E-state index in [0.717, 1.165) is 4.47 Å². The van der Waals surface area contributed by atoms with Crippen LogP contribution >= 0.6 is 27.7 Å². The first-order valence-corrected chi connectivity index (χ1v) is 6.27. The molecule has 0 amide bonds. The highest BCUT2D eigenvalue weighted by atomic mass is 79.9. The third kappa shape index (κ3) is 3.79. The molecule has 0 aliphatic carbocycles. The van der Waals surface area contributed by atoms with Crippen molar-refractivity contribution in [3.63, 3.8) is 0 Å². The molecule has 88 valence electrons. The second-order valence-electron chi connectivity index (χ2n) is 3.09. The Morgan fingerprint density at radius 2 is 2.19 bits per heavy atom. The lowest BCUT2D eigenvalue weighted by atomic mass is 10.2. The zero-order valence-electron chi connectivity index (χ0n) is 8.26. The van der Waals surface area contributed by atoms with Crippen molar-refractivity contribution in [3.8, 4) is 0 Å². The fourth-order valence-electron chi connectivity index (χ4n) is 1.03. The quantitative estimate of drug-likeness (QED) is 0.720. The molecule has 16 heavy (non-hydrogen) atoms. The molecule has 3 N–H and O–H groups in total. The molecule has 1 aromatic carbocycles. The highest BCUT2D eigenvalue weighted by Crippen LogP contribution is 2.27. The summed E-state index contributed by atoms with van der Waals surface area (Å²) < 4.78 is 0.776. The van der Waals surface area contributed by atoms with E-state index in [1.807, 2.05) is 0 Å². The minimum atomic E-state index is -1.01. The number of halogens is 1. The van der Waals surface area contributed by atoms with Gasteiger partial charge in [0.25, 0.3) is 0 Å². The van der Waals surface area contributed by atoms with Gasteiger partial charge in [0.15, 0.2) is 0 Å². The number of thioether (sulfide) groups is 1. The van der Waals surface area contributed by atoms with Crippen LogP contribution in [0.5, 0.6) is 0 Å². The maximum absolute atomic E-state index is 10.9. The minimum absolute atomic E-state index is 0.193. The molecular weight excluding hydrogens is 296 g/mol. The van der Waals surface area contributed by atoms with Gasteiger partial charge in [-0.15, -0.1) is 11.8 Å². The monoisotopic (exact) mass is 306 g/mol. The van der Waals surface area contributed by atoms with E-state index in [-0.39, 0.29) is 17.9 Å². The van der Waals surface area contributed by atoms with E-state index in [1.165, 1.54) is 17.8 Å². The van der Waals surface area contributed by atoms with Crippen LogP contribution in [0.3, 0.4) is 0 Å². The predicted octanol–water partition coefficient (Wildman–Crippen LogP) is 1.59. The van der Waals surface area contributed by atoms with Crippen LogP contribution in [0.1, 0.15) is 10.4 Å². The number of carboxylic acid groups (broad SMARTS) is 1. The molecule has 0 aliphatic heterocycles. The molecular formula is C10H11BrO4S. The molecule has 1 rings (SSSR count). The van der Waals surface area contributed by atoms with Crippen LogP contribution in [-0.2, 0) is 0 Å². The molecule has 0 fully saturated rings. The Balaban J connectivity index is 2.84. The maximum Gasteiger partial charge on any atom is 0.336 e. The van der Waals surface area contributed by atoms with Crippen LogP contribution in [0.4, 0.5) is 0 Å². The van der Waals surface area contributed by atoms with E-state index >= 15 is 0 Å². The van der Waals surface area contributed by atoms with Crippen molar-refractivity contribution in [1.82, 2.24) is 0 Å². The number of benzene rings is 1. The largest absolute Gasteiger partial charge is 0.478 e. The summed E-state index contributed by atoms with van der Waals surface area (Å²) >= 11 is 4.45. The molecule has 0 heterocycles. The zero-order chi connectivity index (χ0) is 12.1. The van der Waals surface area contributed by atoms with Crippen molar-refractivity contribution in [2.75, 3.05) is 12.4 Å². The Morgan fingerprint density at radius 1 is 1.50 bits per heavy atom. The molecule has 0 spiro atoms. The van der Waals surface area contributed by atoms with E-state index in [1.54, 1.807) is 12.1 Å². The van der Waals surface area contributed by atoms with Gasteiger partial charge >= 0.3 is 5.97 Å². The summed E-state index contributed by atoms with van der Waals surface area (Å²) in [6.07, 6.45) is -0.842. The first kappa shape index (κ1) is 13.5. The first-order valence-electron chi connectivity index (χ1n) is 4.49. The molecule has 1 unspecified atom stereocenters. The van der Waals surface area contributed by atoms with Gasteiger partial charge in [0.05, 0.1) is 18.3 Å². The van der Waals surface area contributed by atoms with E-state index in [4.69, 9.17) is 10.2 Å². The van der Waals surface area contributed by atoms with Crippen molar-refractivity contribution in [3.05, 3.63) is 28.2 Å². The summed E-state index contributed by atoms with van der Waals surface area (Å²) in [6.45, 7) is -0.330. The standard InChI is InChI=1S/C10H11BrO4S/c11-6-1-2-8(10(14)15)9(3-6)16-5-7(13)4-12/h1-3,7,12-13H,4-5H2,(H,14,15). The first-order chi connectivity index (χ1) is 7.54. The van der Waals surface area contributed by atoms with Gasteiger partial charge in [-0.25, -0.2) is 4.79 Å². The summed E-state index contributed by atoms with van der Waals surface area (Å²) in [5.41, 5.74) is 0.193. The Morgan fingerprint density at radius 3 is 2.75 bits per heavy atom. The van der Waals surface area contributed by atoms with Crippen molar-refractivity contribution < 1.29 is 20.1 Å². The number of hydrogen-bond acceptors (Lipinski definition) is 4. The molecule has 0 saturated heterocycles. The molecule has 0 aromatic heterocycles. The average molecular weight is 307 g/mol. The summed E-state index contributed by atoms with van der Waals surface area (Å²) in [4.78, 5) is 11.5. The molecule has 0 saturated carbocycles. The van der Waals surface area contributed by atoms with Gasteiger partial charge in [-0.1, -0.05) is 15.9 Å². The van der Waals surface area contributed by atoms with Gasteiger partial charge in [-0.05, 0) is 18.2 Å². The van der Waals surface area contributed by atoms with Gasteiger partial charge in [-0.2, -0.15) is 0 Å². The second-order valence-corrected chi connectivity index (χ2v) is 5.07. The average Bonchev–Trinajstić information content (AvgIpc) is 2.25. The number of aliphatic hydroxyl groups excluding tert-OH is 2. The van der Waals surface area contributed by atoms with Gasteiger partial charge in [0.2, 0.25) is 0 Å². The molecule has 4 nitrogen and oxygen atoms in total. The van der Waals surface area contributed by atoms with E-state index in [0.29, 0.717) is 4.90 Å². The molecule has 0 bridgehead atoms. The molecule has 1 atom stereocenters. The van der Waals surface area contributed by atoms with E-state index in [9.17, 15) is 9.90 Å². The third-order valence-electron chi connectivity index (χ3n) is 1.82. The second kappa shape index (κ2) is 6.24. The summed E-state index contributed by atoms with van der Waals surface area (Å²) in [6, 6.07) is 4.83. The number of rotatable bonds is 5. The number of aromatic carboxylic acids is 1. The molecule has 0 radical (unpaired) electrons. The predicted molar refractivity (Wildman–Crippen MR) is 64.9 cm³/mol. The normalized spacial score (nSPS) is 12.4. The van der Waals surface area contributed by atoms with Crippen molar-refractivity contribution >= 4 is 33.7 Å². The number of aliphatic hydroxyl groups is 2. The minimum Gasteiger partial charge on any atom is -0.478 e.